The first-order valence-corrected chi connectivity index (χ1v) is 6.34. The van der Waals surface area contributed by atoms with Gasteiger partial charge in [0, 0.05) is 23.6 Å². The second-order valence-corrected chi connectivity index (χ2v) is 4.90. The van der Waals surface area contributed by atoms with Gasteiger partial charge in [-0.1, -0.05) is 18.6 Å². The fourth-order valence-electron chi connectivity index (χ4n) is 2.33. The van der Waals surface area contributed by atoms with Gasteiger partial charge < -0.3 is 9.67 Å². The van der Waals surface area contributed by atoms with Gasteiger partial charge in [0.25, 0.3) is 0 Å². The molecule has 1 unspecified atom stereocenters. The van der Waals surface area contributed by atoms with E-state index in [1.54, 1.807) is 6.92 Å². The number of rotatable bonds is 4. The van der Waals surface area contributed by atoms with Crippen molar-refractivity contribution in [3.8, 4) is 0 Å². The van der Waals surface area contributed by atoms with Gasteiger partial charge in [0.15, 0.2) is 0 Å². The summed E-state index contributed by atoms with van der Waals surface area (Å²) in [6.45, 7) is 6.82. The Labute approximate surface area is 107 Å². The highest BCUT2D eigenvalue weighted by atomic mass is 16.4. The first-order chi connectivity index (χ1) is 8.52. The van der Waals surface area contributed by atoms with Crippen molar-refractivity contribution >= 4 is 16.9 Å². The van der Waals surface area contributed by atoms with Crippen molar-refractivity contribution in [3.05, 3.63) is 35.5 Å². The van der Waals surface area contributed by atoms with Crippen LogP contribution in [0.5, 0.6) is 0 Å². The summed E-state index contributed by atoms with van der Waals surface area (Å²) in [5.74, 6) is -1.08. The summed E-state index contributed by atoms with van der Waals surface area (Å²) in [7, 11) is 0. The summed E-state index contributed by atoms with van der Waals surface area (Å²) in [5, 5.41) is 10.2. The maximum atomic E-state index is 11.0. The van der Waals surface area contributed by atoms with Crippen LogP contribution in [-0.4, -0.2) is 15.6 Å². The Morgan fingerprint density at radius 1 is 1.44 bits per heavy atom. The second kappa shape index (κ2) is 4.84. The molecule has 0 saturated carbocycles. The molecule has 1 aromatic heterocycles. The topological polar surface area (TPSA) is 42.2 Å². The molecule has 1 aromatic carbocycles. The van der Waals surface area contributed by atoms with Crippen LogP contribution in [0.3, 0.4) is 0 Å². The van der Waals surface area contributed by atoms with E-state index in [4.69, 9.17) is 5.11 Å². The molecule has 2 rings (SSSR count). The van der Waals surface area contributed by atoms with Crippen molar-refractivity contribution in [2.75, 3.05) is 0 Å². The summed E-state index contributed by atoms with van der Waals surface area (Å²) in [4.78, 5) is 11.0. The lowest BCUT2D eigenvalue weighted by molar-refractivity contribution is -0.141. The van der Waals surface area contributed by atoms with Crippen LogP contribution in [0.2, 0.25) is 0 Å². The maximum absolute atomic E-state index is 11.0. The smallest absolute Gasteiger partial charge is 0.306 e. The van der Waals surface area contributed by atoms with Crippen LogP contribution in [0.15, 0.2) is 24.4 Å². The molecule has 0 saturated heterocycles. The maximum Gasteiger partial charge on any atom is 0.306 e. The van der Waals surface area contributed by atoms with E-state index in [2.05, 4.69) is 42.8 Å². The summed E-state index contributed by atoms with van der Waals surface area (Å²) < 4.78 is 2.18. The van der Waals surface area contributed by atoms with Gasteiger partial charge in [-0.3, -0.25) is 4.79 Å². The van der Waals surface area contributed by atoms with Gasteiger partial charge >= 0.3 is 5.97 Å². The van der Waals surface area contributed by atoms with E-state index in [0.29, 0.717) is 6.42 Å². The van der Waals surface area contributed by atoms with Gasteiger partial charge in [0.2, 0.25) is 0 Å². The SMILES string of the molecule is CCn1cc(CC(C)C(=O)O)c2cc(C)ccc21. The number of aromatic nitrogens is 1. The molecule has 0 fully saturated rings. The molecule has 0 aliphatic carbocycles. The Bertz CT molecular complexity index is 583. The minimum Gasteiger partial charge on any atom is -0.481 e. The first kappa shape index (κ1) is 12.7. The largest absolute Gasteiger partial charge is 0.481 e. The summed E-state index contributed by atoms with van der Waals surface area (Å²) in [6.07, 6.45) is 2.67. The predicted molar refractivity (Wildman–Crippen MR) is 72.9 cm³/mol. The lowest BCUT2D eigenvalue weighted by Gasteiger charge is -2.04. The number of benzene rings is 1. The molecular weight excluding hydrogens is 226 g/mol. The molecule has 96 valence electrons. The standard InChI is InChI=1S/C15H19NO2/c1-4-16-9-12(8-11(3)15(17)18)13-7-10(2)5-6-14(13)16/h5-7,9,11H,4,8H2,1-3H3,(H,17,18). The normalized spacial score (nSPS) is 12.8. The zero-order valence-corrected chi connectivity index (χ0v) is 11.1. The predicted octanol–water partition coefficient (Wildman–Crippen LogP) is 3.23. The highest BCUT2D eigenvalue weighted by Gasteiger charge is 2.15. The van der Waals surface area contributed by atoms with Crippen molar-refractivity contribution < 1.29 is 9.90 Å². The highest BCUT2D eigenvalue weighted by Crippen LogP contribution is 2.25. The van der Waals surface area contributed by atoms with E-state index >= 15 is 0 Å². The van der Waals surface area contributed by atoms with Crippen molar-refractivity contribution in [2.45, 2.75) is 33.7 Å². The van der Waals surface area contributed by atoms with Gasteiger partial charge in [-0.25, -0.2) is 0 Å². The number of aliphatic carboxylic acids is 1. The monoisotopic (exact) mass is 245 g/mol. The second-order valence-electron chi connectivity index (χ2n) is 4.90. The third-order valence-corrected chi connectivity index (χ3v) is 3.41. The van der Waals surface area contributed by atoms with E-state index in [1.165, 1.54) is 16.5 Å². The molecule has 0 spiro atoms. The molecule has 0 bridgehead atoms. The van der Waals surface area contributed by atoms with Gasteiger partial charge in [-0.15, -0.1) is 0 Å². The van der Waals surface area contributed by atoms with Crippen LogP contribution in [0.25, 0.3) is 10.9 Å². The average Bonchev–Trinajstić information content (AvgIpc) is 2.66. The van der Waals surface area contributed by atoms with Crippen molar-refractivity contribution in [2.24, 2.45) is 5.92 Å². The Balaban J connectivity index is 2.49. The highest BCUT2D eigenvalue weighted by molar-refractivity contribution is 5.85. The molecule has 0 aliphatic heterocycles. The van der Waals surface area contributed by atoms with E-state index in [-0.39, 0.29) is 5.92 Å². The number of fused-ring (bicyclic) bond motifs is 1. The van der Waals surface area contributed by atoms with E-state index < -0.39 is 5.97 Å². The Hall–Kier alpha value is -1.77. The van der Waals surface area contributed by atoms with Crippen LogP contribution in [0, 0.1) is 12.8 Å². The molecule has 2 aromatic rings. The van der Waals surface area contributed by atoms with Gasteiger partial charge in [0.05, 0.1) is 5.92 Å². The minimum atomic E-state index is -0.736. The van der Waals surface area contributed by atoms with Crippen LogP contribution in [-0.2, 0) is 17.8 Å². The lowest BCUT2D eigenvalue weighted by atomic mass is 10.00. The Kier molecular flexibility index (Phi) is 3.41. The van der Waals surface area contributed by atoms with Gasteiger partial charge in [-0.2, -0.15) is 0 Å². The summed E-state index contributed by atoms with van der Waals surface area (Å²) >= 11 is 0. The third kappa shape index (κ3) is 2.26. The molecule has 1 heterocycles. The molecule has 0 amide bonds. The number of carbonyl (C=O) groups is 1. The van der Waals surface area contributed by atoms with Crippen LogP contribution in [0.1, 0.15) is 25.0 Å². The molecular formula is C15H19NO2. The van der Waals surface area contributed by atoms with E-state index in [9.17, 15) is 4.79 Å². The number of carboxylic acid groups (broad SMARTS) is 1. The molecule has 0 radical (unpaired) electrons. The quantitative estimate of drug-likeness (QED) is 0.898. The number of carboxylic acids is 1. The average molecular weight is 245 g/mol. The van der Waals surface area contributed by atoms with Crippen molar-refractivity contribution in [3.63, 3.8) is 0 Å². The fraction of sp³-hybridized carbons (Fsp3) is 0.400. The lowest BCUT2D eigenvalue weighted by Crippen LogP contribution is -2.12. The fourth-order valence-corrected chi connectivity index (χ4v) is 2.33. The first-order valence-electron chi connectivity index (χ1n) is 6.34. The zero-order valence-electron chi connectivity index (χ0n) is 11.1. The number of hydrogen-bond acceptors (Lipinski definition) is 1. The van der Waals surface area contributed by atoms with Crippen LogP contribution in [0.4, 0.5) is 0 Å². The summed E-state index contributed by atoms with van der Waals surface area (Å²) in [6, 6.07) is 6.35. The van der Waals surface area contributed by atoms with E-state index in [0.717, 1.165) is 12.1 Å². The van der Waals surface area contributed by atoms with Crippen molar-refractivity contribution in [1.82, 2.24) is 4.57 Å². The van der Waals surface area contributed by atoms with Crippen molar-refractivity contribution in [1.29, 1.82) is 0 Å². The number of hydrogen-bond donors (Lipinski definition) is 1. The Morgan fingerprint density at radius 2 is 2.17 bits per heavy atom. The summed E-state index contributed by atoms with van der Waals surface area (Å²) in [5.41, 5.74) is 3.53. The van der Waals surface area contributed by atoms with Crippen LogP contribution < -0.4 is 0 Å². The Morgan fingerprint density at radius 3 is 2.78 bits per heavy atom. The molecule has 1 N–H and O–H groups in total. The molecule has 3 nitrogen and oxygen atoms in total. The van der Waals surface area contributed by atoms with E-state index in [1.807, 2.05) is 0 Å². The number of nitrogens with zero attached hydrogens (tertiary/aromatic N) is 1. The molecule has 3 heteroatoms. The van der Waals surface area contributed by atoms with Crippen LogP contribution >= 0.6 is 0 Å². The minimum absolute atomic E-state index is 0.346. The zero-order chi connectivity index (χ0) is 13.3. The molecule has 18 heavy (non-hydrogen) atoms. The number of aryl methyl sites for hydroxylation is 2. The van der Waals surface area contributed by atoms with Gasteiger partial charge in [0.1, 0.15) is 0 Å². The third-order valence-electron chi connectivity index (χ3n) is 3.41. The molecule has 0 aliphatic rings. The van der Waals surface area contributed by atoms with Gasteiger partial charge in [-0.05, 0) is 38.0 Å². The molecule has 1 atom stereocenters.